The molecule has 0 radical (unpaired) electrons. The number of hydrogen-bond donors (Lipinski definition) is 1. The maximum atomic E-state index is 11.9. The molecule has 1 fully saturated rings. The second-order valence-corrected chi connectivity index (χ2v) is 5.10. The van der Waals surface area contributed by atoms with Crippen LogP contribution in [0.5, 0.6) is 0 Å². The largest absolute Gasteiger partial charge is 0.350 e. The third-order valence-corrected chi connectivity index (χ3v) is 3.71. The van der Waals surface area contributed by atoms with Gasteiger partial charge in [-0.3, -0.25) is 19.3 Å². The number of carbonyl (C=O) groups is 3. The standard InChI is InChI=1S/C13H14N2O3S/c1-9-4-2-3-5-10(9)12(17)14-6-7-15-11(16)8-19-13(15)18/h2-5H,6-8H2,1H3,(H,14,17). The van der Waals surface area contributed by atoms with Crippen LogP contribution in [0.25, 0.3) is 0 Å². The summed E-state index contributed by atoms with van der Waals surface area (Å²) in [5.41, 5.74) is 1.50. The molecule has 0 aromatic heterocycles. The van der Waals surface area contributed by atoms with E-state index < -0.39 is 0 Å². The van der Waals surface area contributed by atoms with Crippen LogP contribution in [0.4, 0.5) is 4.79 Å². The fourth-order valence-electron chi connectivity index (χ4n) is 1.80. The van der Waals surface area contributed by atoms with E-state index in [1.54, 1.807) is 12.1 Å². The molecule has 1 saturated heterocycles. The molecule has 100 valence electrons. The minimum absolute atomic E-state index is 0.190. The van der Waals surface area contributed by atoms with Crippen LogP contribution in [0.2, 0.25) is 0 Å². The van der Waals surface area contributed by atoms with Crippen LogP contribution in [0.1, 0.15) is 15.9 Å². The van der Waals surface area contributed by atoms with Crippen LogP contribution >= 0.6 is 11.8 Å². The molecular formula is C13H14N2O3S. The van der Waals surface area contributed by atoms with Crippen LogP contribution in [0.15, 0.2) is 24.3 Å². The van der Waals surface area contributed by atoms with Crippen molar-refractivity contribution in [2.45, 2.75) is 6.92 Å². The Morgan fingerprint density at radius 2 is 2.11 bits per heavy atom. The van der Waals surface area contributed by atoms with Crippen LogP contribution in [0.3, 0.4) is 0 Å². The van der Waals surface area contributed by atoms with Gasteiger partial charge in [0.25, 0.3) is 11.1 Å². The lowest BCUT2D eigenvalue weighted by atomic mass is 10.1. The van der Waals surface area contributed by atoms with Crippen molar-refractivity contribution < 1.29 is 14.4 Å². The first kappa shape index (κ1) is 13.6. The summed E-state index contributed by atoms with van der Waals surface area (Å²) < 4.78 is 0. The Balaban J connectivity index is 1.86. The molecule has 5 nitrogen and oxygen atoms in total. The smallest absolute Gasteiger partial charge is 0.288 e. The Labute approximate surface area is 115 Å². The molecule has 2 rings (SSSR count). The molecule has 0 unspecified atom stereocenters. The molecule has 19 heavy (non-hydrogen) atoms. The van der Waals surface area contributed by atoms with Gasteiger partial charge in [0.05, 0.1) is 5.75 Å². The van der Waals surface area contributed by atoms with Crippen molar-refractivity contribution in [3.63, 3.8) is 0 Å². The number of benzene rings is 1. The van der Waals surface area contributed by atoms with Crippen LogP contribution in [-0.4, -0.2) is 40.8 Å². The van der Waals surface area contributed by atoms with Gasteiger partial charge >= 0.3 is 0 Å². The maximum Gasteiger partial charge on any atom is 0.288 e. The van der Waals surface area contributed by atoms with Gasteiger partial charge < -0.3 is 5.32 Å². The second kappa shape index (κ2) is 5.88. The van der Waals surface area contributed by atoms with Gasteiger partial charge in [0.2, 0.25) is 5.91 Å². The predicted octanol–water partition coefficient (Wildman–Crippen LogP) is 1.42. The molecule has 0 atom stereocenters. The number of thioether (sulfide) groups is 1. The van der Waals surface area contributed by atoms with Gasteiger partial charge in [-0.05, 0) is 18.6 Å². The summed E-state index contributed by atoms with van der Waals surface area (Å²) in [6.07, 6.45) is 0. The monoisotopic (exact) mass is 278 g/mol. The maximum absolute atomic E-state index is 11.9. The van der Waals surface area contributed by atoms with Crippen LogP contribution < -0.4 is 5.32 Å². The summed E-state index contributed by atoms with van der Waals surface area (Å²) in [4.78, 5) is 35.8. The summed E-state index contributed by atoms with van der Waals surface area (Å²) in [7, 11) is 0. The predicted molar refractivity (Wildman–Crippen MR) is 73.1 cm³/mol. The van der Waals surface area contributed by atoms with Gasteiger partial charge in [0.1, 0.15) is 0 Å². The first-order valence-electron chi connectivity index (χ1n) is 5.90. The number of aryl methyl sites for hydroxylation is 1. The first-order chi connectivity index (χ1) is 9.09. The molecule has 0 aliphatic carbocycles. The van der Waals surface area contributed by atoms with Gasteiger partial charge in [-0.25, -0.2) is 0 Å². The average molecular weight is 278 g/mol. The number of rotatable bonds is 4. The van der Waals surface area contributed by atoms with Crippen molar-refractivity contribution in [1.29, 1.82) is 0 Å². The summed E-state index contributed by atoms with van der Waals surface area (Å²) in [5.74, 6) is -0.185. The van der Waals surface area contributed by atoms with Crippen molar-refractivity contribution in [2.75, 3.05) is 18.8 Å². The van der Waals surface area contributed by atoms with Gasteiger partial charge in [-0.1, -0.05) is 30.0 Å². The Kier molecular flexibility index (Phi) is 4.21. The summed E-state index contributed by atoms with van der Waals surface area (Å²) in [6, 6.07) is 7.27. The van der Waals surface area contributed by atoms with Gasteiger partial charge in [-0.2, -0.15) is 0 Å². The highest BCUT2D eigenvalue weighted by atomic mass is 32.2. The minimum Gasteiger partial charge on any atom is -0.350 e. The van der Waals surface area contributed by atoms with E-state index >= 15 is 0 Å². The summed E-state index contributed by atoms with van der Waals surface area (Å²) in [6.45, 7) is 2.35. The van der Waals surface area contributed by atoms with E-state index in [4.69, 9.17) is 0 Å². The van der Waals surface area contributed by atoms with Crippen molar-refractivity contribution in [3.8, 4) is 0 Å². The van der Waals surface area contributed by atoms with E-state index in [1.807, 2.05) is 19.1 Å². The zero-order chi connectivity index (χ0) is 13.8. The van der Waals surface area contributed by atoms with Gasteiger partial charge in [0, 0.05) is 18.7 Å². The Hall–Kier alpha value is -1.82. The van der Waals surface area contributed by atoms with E-state index in [9.17, 15) is 14.4 Å². The molecule has 0 bridgehead atoms. The van der Waals surface area contributed by atoms with Crippen molar-refractivity contribution in [3.05, 3.63) is 35.4 Å². The number of nitrogens with zero attached hydrogens (tertiary/aromatic N) is 1. The van der Waals surface area contributed by atoms with Crippen molar-refractivity contribution >= 4 is 28.8 Å². The van der Waals surface area contributed by atoms with Gasteiger partial charge in [-0.15, -0.1) is 0 Å². The first-order valence-corrected chi connectivity index (χ1v) is 6.89. The normalized spacial score (nSPS) is 14.9. The molecule has 1 aromatic rings. The molecule has 1 N–H and O–H groups in total. The number of hydrogen-bond acceptors (Lipinski definition) is 4. The number of amides is 3. The fourth-order valence-corrected chi connectivity index (χ4v) is 2.55. The molecule has 0 spiro atoms. The molecule has 1 aliphatic heterocycles. The highest BCUT2D eigenvalue weighted by molar-refractivity contribution is 8.14. The highest BCUT2D eigenvalue weighted by Gasteiger charge is 2.29. The topological polar surface area (TPSA) is 66.5 Å². The molecule has 6 heteroatoms. The minimum atomic E-state index is -0.241. The lowest BCUT2D eigenvalue weighted by Gasteiger charge is -2.13. The van der Waals surface area contributed by atoms with E-state index in [2.05, 4.69) is 5.32 Å². The molecule has 3 amide bonds. The number of carbonyl (C=O) groups excluding carboxylic acids is 3. The van der Waals surface area contributed by atoms with E-state index in [-0.39, 0.29) is 35.9 Å². The lowest BCUT2D eigenvalue weighted by Crippen LogP contribution is -2.37. The van der Waals surface area contributed by atoms with E-state index in [1.165, 1.54) is 4.90 Å². The SMILES string of the molecule is Cc1ccccc1C(=O)NCCN1C(=O)CSC1=O. The molecule has 1 aromatic carbocycles. The highest BCUT2D eigenvalue weighted by Crippen LogP contribution is 2.17. The summed E-state index contributed by atoms with van der Waals surface area (Å²) >= 11 is 0.996. The average Bonchev–Trinajstić information content (AvgIpc) is 2.70. The number of imide groups is 1. The summed E-state index contributed by atoms with van der Waals surface area (Å²) in [5, 5.41) is 2.47. The van der Waals surface area contributed by atoms with Crippen molar-refractivity contribution in [2.24, 2.45) is 0 Å². The quantitative estimate of drug-likeness (QED) is 0.904. The Morgan fingerprint density at radius 3 is 2.74 bits per heavy atom. The fraction of sp³-hybridized carbons (Fsp3) is 0.308. The second-order valence-electron chi connectivity index (χ2n) is 4.17. The van der Waals surface area contributed by atoms with Crippen LogP contribution in [-0.2, 0) is 4.79 Å². The van der Waals surface area contributed by atoms with Gasteiger partial charge in [0.15, 0.2) is 0 Å². The Morgan fingerprint density at radius 1 is 1.37 bits per heavy atom. The third-order valence-electron chi connectivity index (χ3n) is 2.85. The van der Waals surface area contributed by atoms with Crippen molar-refractivity contribution in [1.82, 2.24) is 10.2 Å². The molecule has 1 heterocycles. The molecule has 1 aliphatic rings. The zero-order valence-corrected chi connectivity index (χ0v) is 11.3. The zero-order valence-electron chi connectivity index (χ0n) is 10.5. The van der Waals surface area contributed by atoms with E-state index in [0.29, 0.717) is 5.56 Å². The lowest BCUT2D eigenvalue weighted by molar-refractivity contribution is -0.124. The number of nitrogens with one attached hydrogen (secondary N) is 1. The van der Waals surface area contributed by atoms with Crippen LogP contribution in [0, 0.1) is 6.92 Å². The third kappa shape index (κ3) is 3.14. The molecule has 0 saturated carbocycles. The molecular weight excluding hydrogens is 264 g/mol. The van der Waals surface area contributed by atoms with E-state index in [0.717, 1.165) is 17.3 Å². The Bertz CT molecular complexity index is 514.